The summed E-state index contributed by atoms with van der Waals surface area (Å²) in [6.07, 6.45) is 2.02. The first kappa shape index (κ1) is 15.0. The van der Waals surface area contributed by atoms with E-state index < -0.39 is 10.0 Å². The van der Waals surface area contributed by atoms with Gasteiger partial charge in [0, 0.05) is 18.4 Å². The number of piperidine rings is 1. The van der Waals surface area contributed by atoms with Gasteiger partial charge in [0.05, 0.1) is 4.90 Å². The van der Waals surface area contributed by atoms with Gasteiger partial charge in [-0.3, -0.25) is 0 Å². The van der Waals surface area contributed by atoms with Crippen molar-refractivity contribution in [3.63, 3.8) is 0 Å². The van der Waals surface area contributed by atoms with Crippen molar-refractivity contribution in [2.24, 2.45) is 5.41 Å². The van der Waals surface area contributed by atoms with Crippen molar-refractivity contribution in [3.05, 3.63) is 29.8 Å². The number of hydrogen-bond donors (Lipinski definition) is 0. The Morgan fingerprint density at radius 3 is 2.42 bits per heavy atom. The van der Waals surface area contributed by atoms with E-state index in [4.69, 9.17) is 0 Å². The average molecular weight is 346 g/mol. The van der Waals surface area contributed by atoms with Gasteiger partial charge >= 0.3 is 0 Å². The maximum Gasteiger partial charge on any atom is 0.243 e. The van der Waals surface area contributed by atoms with Crippen molar-refractivity contribution in [1.82, 2.24) is 4.31 Å². The Hall–Kier alpha value is -0.390. The Bertz CT molecular complexity index is 537. The Kier molecular flexibility index (Phi) is 4.38. The van der Waals surface area contributed by atoms with Crippen LogP contribution in [-0.4, -0.2) is 25.8 Å². The molecule has 0 atom stereocenters. The summed E-state index contributed by atoms with van der Waals surface area (Å²) in [7, 11) is -3.34. The summed E-state index contributed by atoms with van der Waals surface area (Å²) in [6.45, 7) is 5.49. The molecule has 0 aromatic heterocycles. The number of rotatable bonds is 3. The van der Waals surface area contributed by atoms with E-state index in [0.717, 1.165) is 23.7 Å². The number of hydrogen-bond acceptors (Lipinski definition) is 2. The molecule has 1 aliphatic rings. The Morgan fingerprint density at radius 2 is 1.89 bits per heavy atom. The molecule has 5 heteroatoms. The molecule has 1 fully saturated rings. The molecule has 2 rings (SSSR count). The van der Waals surface area contributed by atoms with Gasteiger partial charge < -0.3 is 0 Å². The lowest BCUT2D eigenvalue weighted by molar-refractivity contribution is 0.187. The molecule has 0 N–H and O–H groups in total. The van der Waals surface area contributed by atoms with Crippen LogP contribution >= 0.6 is 15.9 Å². The zero-order valence-corrected chi connectivity index (χ0v) is 13.8. The van der Waals surface area contributed by atoms with Crippen LogP contribution in [0.3, 0.4) is 0 Å². The van der Waals surface area contributed by atoms with Crippen LogP contribution in [0, 0.1) is 5.41 Å². The van der Waals surface area contributed by atoms with Crippen LogP contribution < -0.4 is 0 Å². The summed E-state index contributed by atoms with van der Waals surface area (Å²) >= 11 is 3.36. The molecule has 106 valence electrons. The highest BCUT2D eigenvalue weighted by atomic mass is 79.9. The van der Waals surface area contributed by atoms with Crippen molar-refractivity contribution in [1.29, 1.82) is 0 Å². The molecular weight excluding hydrogens is 326 g/mol. The Balaban J connectivity index is 2.26. The molecule has 0 radical (unpaired) electrons. The largest absolute Gasteiger partial charge is 0.243 e. The number of nitrogens with zero attached hydrogens (tertiary/aromatic N) is 1. The minimum absolute atomic E-state index is 0.0706. The van der Waals surface area contributed by atoms with E-state index in [2.05, 4.69) is 29.8 Å². The molecule has 1 saturated heterocycles. The molecule has 0 spiro atoms. The number of alkyl halides is 1. The van der Waals surface area contributed by atoms with Crippen molar-refractivity contribution in [2.45, 2.75) is 36.9 Å². The van der Waals surface area contributed by atoms with E-state index in [1.807, 2.05) is 12.1 Å². The van der Waals surface area contributed by atoms with Crippen molar-refractivity contribution >= 4 is 26.0 Å². The van der Waals surface area contributed by atoms with Crippen LogP contribution in [0.2, 0.25) is 0 Å². The summed E-state index contributed by atoms with van der Waals surface area (Å²) < 4.78 is 26.8. The van der Waals surface area contributed by atoms with Crippen molar-refractivity contribution in [2.75, 3.05) is 13.1 Å². The van der Waals surface area contributed by atoms with E-state index >= 15 is 0 Å². The number of sulfonamides is 1. The van der Waals surface area contributed by atoms with E-state index in [9.17, 15) is 8.42 Å². The quantitative estimate of drug-likeness (QED) is 0.787. The lowest BCUT2D eigenvalue weighted by Gasteiger charge is -2.37. The summed E-state index contributed by atoms with van der Waals surface area (Å²) in [5.74, 6) is 0. The van der Waals surface area contributed by atoms with Gasteiger partial charge in [-0.25, -0.2) is 8.42 Å². The van der Waals surface area contributed by atoms with Gasteiger partial charge in [-0.05, 0) is 36.0 Å². The molecule has 3 nitrogen and oxygen atoms in total. The molecule has 19 heavy (non-hydrogen) atoms. The predicted molar refractivity (Wildman–Crippen MR) is 80.8 cm³/mol. The fourth-order valence-electron chi connectivity index (χ4n) is 2.47. The van der Waals surface area contributed by atoms with E-state index in [1.165, 1.54) is 0 Å². The lowest BCUT2D eigenvalue weighted by Crippen LogP contribution is -2.43. The van der Waals surface area contributed by atoms with Gasteiger partial charge in [0.25, 0.3) is 0 Å². The summed E-state index contributed by atoms with van der Waals surface area (Å²) in [5.41, 5.74) is 1.15. The Morgan fingerprint density at radius 1 is 1.26 bits per heavy atom. The van der Waals surface area contributed by atoms with Gasteiger partial charge in [-0.15, -0.1) is 0 Å². The molecule has 0 bridgehead atoms. The maximum absolute atomic E-state index is 12.6. The zero-order valence-electron chi connectivity index (χ0n) is 11.4. The molecule has 1 aromatic carbocycles. The maximum atomic E-state index is 12.6. The van der Waals surface area contributed by atoms with Crippen LogP contribution in [0.1, 0.15) is 32.3 Å². The third-order valence-electron chi connectivity index (χ3n) is 3.58. The standard InChI is InChI=1S/C14H20BrNO2S/c1-14(2)8-3-9-16(11-14)19(17,18)13-6-4-12(10-15)5-7-13/h4-7H,3,8-11H2,1-2H3. The molecule has 0 aliphatic carbocycles. The minimum Gasteiger partial charge on any atom is -0.207 e. The summed E-state index contributed by atoms with van der Waals surface area (Å²) in [6, 6.07) is 7.12. The number of benzene rings is 1. The number of halogens is 1. The van der Waals surface area contributed by atoms with Crippen LogP contribution in [0.15, 0.2) is 29.2 Å². The highest BCUT2D eigenvalue weighted by molar-refractivity contribution is 9.08. The normalized spacial score (nSPS) is 20.4. The molecule has 1 heterocycles. The van der Waals surface area contributed by atoms with E-state index in [-0.39, 0.29) is 5.41 Å². The first-order valence-electron chi connectivity index (χ1n) is 6.50. The van der Waals surface area contributed by atoms with Crippen molar-refractivity contribution in [3.8, 4) is 0 Å². The minimum atomic E-state index is -3.34. The molecule has 1 aromatic rings. The monoisotopic (exact) mass is 345 g/mol. The smallest absolute Gasteiger partial charge is 0.207 e. The van der Waals surface area contributed by atoms with Crippen LogP contribution in [0.4, 0.5) is 0 Å². The molecule has 0 saturated carbocycles. The first-order valence-corrected chi connectivity index (χ1v) is 9.06. The molecule has 0 unspecified atom stereocenters. The second kappa shape index (κ2) is 5.54. The summed E-state index contributed by atoms with van der Waals surface area (Å²) in [5, 5.41) is 0.740. The fourth-order valence-corrected chi connectivity index (χ4v) is 4.52. The lowest BCUT2D eigenvalue weighted by atomic mass is 9.85. The van der Waals surface area contributed by atoms with Gasteiger partial charge in [0.15, 0.2) is 0 Å². The van der Waals surface area contributed by atoms with Crippen LogP contribution in [-0.2, 0) is 15.4 Å². The van der Waals surface area contributed by atoms with Crippen LogP contribution in [0.5, 0.6) is 0 Å². The summed E-state index contributed by atoms with van der Waals surface area (Å²) in [4.78, 5) is 0.398. The fraction of sp³-hybridized carbons (Fsp3) is 0.571. The highest BCUT2D eigenvalue weighted by Gasteiger charge is 2.33. The zero-order chi connectivity index (χ0) is 14.1. The van der Waals surface area contributed by atoms with Gasteiger partial charge in [-0.2, -0.15) is 4.31 Å². The third kappa shape index (κ3) is 3.38. The van der Waals surface area contributed by atoms with Gasteiger partial charge in [0.1, 0.15) is 0 Å². The first-order chi connectivity index (χ1) is 8.85. The third-order valence-corrected chi connectivity index (χ3v) is 6.09. The van der Waals surface area contributed by atoms with Crippen LogP contribution in [0.25, 0.3) is 0 Å². The van der Waals surface area contributed by atoms with E-state index in [1.54, 1.807) is 16.4 Å². The topological polar surface area (TPSA) is 37.4 Å². The second-order valence-electron chi connectivity index (χ2n) is 5.88. The average Bonchev–Trinajstić information content (AvgIpc) is 2.37. The Labute approximate surface area is 124 Å². The second-order valence-corrected chi connectivity index (χ2v) is 8.38. The van der Waals surface area contributed by atoms with Gasteiger partial charge in [0.2, 0.25) is 10.0 Å². The van der Waals surface area contributed by atoms with Crippen molar-refractivity contribution < 1.29 is 8.42 Å². The van der Waals surface area contributed by atoms with Gasteiger partial charge in [-0.1, -0.05) is 41.9 Å². The molecular formula is C14H20BrNO2S. The highest BCUT2D eigenvalue weighted by Crippen LogP contribution is 2.31. The molecule has 1 aliphatic heterocycles. The van der Waals surface area contributed by atoms with E-state index in [0.29, 0.717) is 18.0 Å². The molecule has 0 amide bonds. The predicted octanol–water partition coefficient (Wildman–Crippen LogP) is 3.39. The SMILES string of the molecule is CC1(C)CCCN(S(=O)(=O)c2ccc(CBr)cc2)C1.